The molecule has 0 amide bonds. The molecule has 1 N–H and O–H groups in total. The number of pyridine rings is 2. The van der Waals surface area contributed by atoms with Gasteiger partial charge >= 0.3 is 0 Å². The Morgan fingerprint density at radius 1 is 1.06 bits per heavy atom. The fraction of sp³-hybridized carbons (Fsp3) is 0.286. The van der Waals surface area contributed by atoms with Gasteiger partial charge in [0.1, 0.15) is 23.1 Å². The van der Waals surface area contributed by atoms with Gasteiger partial charge in [0.05, 0.1) is 31.5 Å². The molecule has 186 valence electrons. The number of piperazine rings is 1. The van der Waals surface area contributed by atoms with Gasteiger partial charge in [0.15, 0.2) is 0 Å². The van der Waals surface area contributed by atoms with Crippen LogP contribution < -0.4 is 15.2 Å². The molecular formula is C28H30N4O4. The maximum Gasteiger partial charge on any atom is 0.260 e. The van der Waals surface area contributed by atoms with Crippen LogP contribution in [0.3, 0.4) is 0 Å². The summed E-state index contributed by atoms with van der Waals surface area (Å²) >= 11 is 0. The monoisotopic (exact) mass is 486 g/mol. The van der Waals surface area contributed by atoms with Gasteiger partial charge in [-0.15, -0.1) is 0 Å². The molecule has 4 heterocycles. The number of anilines is 1. The summed E-state index contributed by atoms with van der Waals surface area (Å²) in [5.41, 5.74) is 1.68. The highest BCUT2D eigenvalue weighted by atomic mass is 16.5. The Kier molecular flexibility index (Phi) is 6.77. The number of furan rings is 1. The normalized spacial score (nSPS) is 15.1. The van der Waals surface area contributed by atoms with E-state index in [1.807, 2.05) is 55.5 Å². The Morgan fingerprint density at radius 2 is 1.89 bits per heavy atom. The second-order valence-electron chi connectivity index (χ2n) is 8.95. The minimum absolute atomic E-state index is 0.00632. The summed E-state index contributed by atoms with van der Waals surface area (Å²) in [6, 6.07) is 18.5. The lowest BCUT2D eigenvalue weighted by Crippen LogP contribution is -2.49. The van der Waals surface area contributed by atoms with Gasteiger partial charge in [0.2, 0.25) is 0 Å². The van der Waals surface area contributed by atoms with E-state index in [4.69, 9.17) is 9.15 Å². The number of rotatable bonds is 7. The Bertz CT molecular complexity index is 1360. The van der Waals surface area contributed by atoms with Crippen LogP contribution in [0.15, 0.2) is 82.3 Å². The smallest absolute Gasteiger partial charge is 0.260 e. The average Bonchev–Trinajstić information content (AvgIpc) is 3.43. The van der Waals surface area contributed by atoms with Crippen LogP contribution in [0, 0.1) is 6.92 Å². The minimum Gasteiger partial charge on any atom is -0.507 e. The van der Waals surface area contributed by atoms with Gasteiger partial charge in [-0.2, -0.15) is 0 Å². The third kappa shape index (κ3) is 4.72. The lowest BCUT2D eigenvalue weighted by atomic mass is 9.95. The standard InChI is InChI=1S/C28H30N4O4/c1-20-17-24(33)26(28(34)32(20)19-23-9-6-16-36-23)27(21-7-5-8-22(18-21)35-2)31-14-12-30(13-15-31)25-10-3-4-11-29-25/h3-11,16-18,27,33H,12-15,19H2,1-2H3/t27-/m1/s1. The van der Waals surface area contributed by atoms with Gasteiger partial charge < -0.3 is 23.7 Å². The predicted molar refractivity (Wildman–Crippen MR) is 138 cm³/mol. The lowest BCUT2D eigenvalue weighted by Gasteiger charge is -2.40. The van der Waals surface area contributed by atoms with E-state index in [2.05, 4.69) is 14.8 Å². The van der Waals surface area contributed by atoms with E-state index in [1.54, 1.807) is 36.3 Å². The first kappa shape index (κ1) is 23.7. The van der Waals surface area contributed by atoms with Crippen molar-refractivity contribution in [2.45, 2.75) is 19.5 Å². The average molecular weight is 487 g/mol. The van der Waals surface area contributed by atoms with Crippen molar-refractivity contribution < 1.29 is 14.3 Å². The zero-order valence-electron chi connectivity index (χ0n) is 20.5. The van der Waals surface area contributed by atoms with E-state index in [0.29, 0.717) is 42.4 Å². The van der Waals surface area contributed by atoms with Crippen molar-refractivity contribution in [1.29, 1.82) is 0 Å². The number of hydrogen-bond acceptors (Lipinski definition) is 7. The largest absolute Gasteiger partial charge is 0.507 e. The van der Waals surface area contributed by atoms with Crippen LogP contribution in [0.1, 0.15) is 28.6 Å². The molecule has 0 spiro atoms. The molecule has 1 saturated heterocycles. The van der Waals surface area contributed by atoms with Crippen LogP contribution in [0.5, 0.6) is 11.5 Å². The predicted octanol–water partition coefficient (Wildman–Crippen LogP) is 3.82. The molecule has 4 aromatic rings. The van der Waals surface area contributed by atoms with Crippen LogP contribution in [-0.4, -0.2) is 52.8 Å². The second-order valence-corrected chi connectivity index (χ2v) is 8.95. The third-order valence-electron chi connectivity index (χ3n) is 6.75. The molecule has 0 radical (unpaired) electrons. The van der Waals surface area contributed by atoms with E-state index in [9.17, 15) is 9.90 Å². The van der Waals surface area contributed by atoms with Gasteiger partial charge in [-0.1, -0.05) is 18.2 Å². The van der Waals surface area contributed by atoms with Crippen molar-refractivity contribution in [3.05, 3.63) is 106 Å². The first-order valence-electron chi connectivity index (χ1n) is 12.0. The number of ether oxygens (including phenoxy) is 1. The van der Waals surface area contributed by atoms with Crippen molar-refractivity contribution in [1.82, 2.24) is 14.5 Å². The summed E-state index contributed by atoms with van der Waals surface area (Å²) in [7, 11) is 1.62. The van der Waals surface area contributed by atoms with Crippen LogP contribution in [0.25, 0.3) is 0 Å². The molecule has 0 saturated carbocycles. The zero-order valence-corrected chi connectivity index (χ0v) is 20.5. The Morgan fingerprint density at radius 3 is 2.58 bits per heavy atom. The molecule has 1 aliphatic rings. The fourth-order valence-electron chi connectivity index (χ4n) is 4.90. The third-order valence-corrected chi connectivity index (χ3v) is 6.75. The van der Waals surface area contributed by atoms with Crippen LogP contribution in [-0.2, 0) is 6.54 Å². The molecule has 0 bridgehead atoms. The molecule has 0 aliphatic carbocycles. The van der Waals surface area contributed by atoms with E-state index < -0.39 is 6.04 Å². The van der Waals surface area contributed by atoms with Gasteiger partial charge in [0.25, 0.3) is 5.56 Å². The summed E-state index contributed by atoms with van der Waals surface area (Å²) in [5.74, 6) is 2.31. The number of nitrogens with zero attached hydrogens (tertiary/aromatic N) is 4. The van der Waals surface area contributed by atoms with Crippen molar-refractivity contribution in [3.63, 3.8) is 0 Å². The quantitative estimate of drug-likeness (QED) is 0.425. The number of benzene rings is 1. The molecule has 8 heteroatoms. The Balaban J connectivity index is 1.55. The van der Waals surface area contributed by atoms with Gasteiger partial charge in [0, 0.05) is 38.1 Å². The topological polar surface area (TPSA) is 84.0 Å². The Hall–Kier alpha value is -4.04. The number of methoxy groups -OCH3 is 1. The van der Waals surface area contributed by atoms with Gasteiger partial charge in [-0.05, 0) is 55.0 Å². The number of aromatic hydroxyl groups is 1. The van der Waals surface area contributed by atoms with Crippen LogP contribution >= 0.6 is 0 Å². The van der Waals surface area contributed by atoms with E-state index >= 15 is 0 Å². The van der Waals surface area contributed by atoms with Gasteiger partial charge in [-0.25, -0.2) is 4.98 Å². The van der Waals surface area contributed by atoms with Crippen LogP contribution in [0.2, 0.25) is 0 Å². The molecule has 3 aromatic heterocycles. The molecule has 8 nitrogen and oxygen atoms in total. The van der Waals surface area contributed by atoms with Crippen molar-refractivity contribution in [3.8, 4) is 11.5 Å². The lowest BCUT2D eigenvalue weighted by molar-refractivity contribution is 0.206. The summed E-state index contributed by atoms with van der Waals surface area (Å²) in [5, 5.41) is 11.1. The van der Waals surface area contributed by atoms with E-state index in [0.717, 1.165) is 24.5 Å². The van der Waals surface area contributed by atoms with Crippen molar-refractivity contribution in [2.75, 3.05) is 38.2 Å². The van der Waals surface area contributed by atoms with Crippen molar-refractivity contribution >= 4 is 5.82 Å². The minimum atomic E-state index is -0.443. The second kappa shape index (κ2) is 10.3. The molecule has 0 unspecified atom stereocenters. The zero-order chi connectivity index (χ0) is 25.1. The number of aromatic nitrogens is 2. The SMILES string of the molecule is COc1cccc([C@H](c2c(O)cc(C)n(Cc3ccco3)c2=O)N2CCN(c3ccccn3)CC2)c1. The van der Waals surface area contributed by atoms with E-state index in [1.165, 1.54) is 0 Å². The number of hydrogen-bond donors (Lipinski definition) is 1. The Labute approximate surface area is 210 Å². The van der Waals surface area contributed by atoms with Crippen molar-refractivity contribution in [2.24, 2.45) is 0 Å². The summed E-state index contributed by atoms with van der Waals surface area (Å²) in [4.78, 5) is 22.9. The molecular weight excluding hydrogens is 456 g/mol. The maximum absolute atomic E-state index is 13.9. The molecule has 1 atom stereocenters. The summed E-state index contributed by atoms with van der Waals surface area (Å²) in [6.07, 6.45) is 3.39. The molecule has 36 heavy (non-hydrogen) atoms. The summed E-state index contributed by atoms with van der Waals surface area (Å²) in [6.45, 7) is 5.02. The highest BCUT2D eigenvalue weighted by Gasteiger charge is 2.32. The fourth-order valence-corrected chi connectivity index (χ4v) is 4.90. The highest BCUT2D eigenvalue weighted by molar-refractivity contribution is 5.44. The first-order valence-corrected chi connectivity index (χ1v) is 12.0. The van der Waals surface area contributed by atoms with Crippen LogP contribution in [0.4, 0.5) is 5.82 Å². The summed E-state index contributed by atoms with van der Waals surface area (Å²) < 4.78 is 12.6. The highest BCUT2D eigenvalue weighted by Crippen LogP contribution is 2.35. The molecule has 5 rings (SSSR count). The molecule has 1 fully saturated rings. The molecule has 1 aliphatic heterocycles. The van der Waals surface area contributed by atoms with Gasteiger partial charge in [-0.3, -0.25) is 9.69 Å². The number of aryl methyl sites for hydroxylation is 1. The molecule has 1 aromatic carbocycles. The maximum atomic E-state index is 13.9. The van der Waals surface area contributed by atoms with E-state index in [-0.39, 0.29) is 11.3 Å². The first-order chi connectivity index (χ1) is 17.5.